The number of nitrogens with one attached hydrogen (secondary N) is 1. The van der Waals surface area contributed by atoms with E-state index in [1.807, 2.05) is 30.5 Å². The minimum atomic E-state index is 0.222. The van der Waals surface area contributed by atoms with Gasteiger partial charge in [-0.1, -0.05) is 12.1 Å². The van der Waals surface area contributed by atoms with Gasteiger partial charge in [-0.3, -0.25) is 0 Å². The molecular weight excluding hydrogens is 274 g/mol. The Hall–Kier alpha value is -1.36. The summed E-state index contributed by atoms with van der Waals surface area (Å²) >= 11 is 3.65. The first kappa shape index (κ1) is 12.7. The monoisotopic (exact) mass is 289 g/mol. The van der Waals surface area contributed by atoms with Crippen LogP contribution in [0.4, 0.5) is 0 Å². The summed E-state index contributed by atoms with van der Waals surface area (Å²) in [5.74, 6) is 0.899. The molecule has 2 heterocycles. The summed E-state index contributed by atoms with van der Waals surface area (Å²) in [6.07, 6.45) is 0. The van der Waals surface area contributed by atoms with Crippen LogP contribution in [-0.2, 0) is 0 Å². The number of rotatable bonds is 4. The Labute approximate surface area is 120 Å². The Balaban J connectivity index is 2.01. The molecule has 2 nitrogen and oxygen atoms in total. The zero-order valence-corrected chi connectivity index (χ0v) is 12.5. The molecule has 0 spiro atoms. The molecule has 3 aromatic rings. The van der Waals surface area contributed by atoms with E-state index in [-0.39, 0.29) is 6.04 Å². The van der Waals surface area contributed by atoms with Crippen LogP contribution in [0.15, 0.2) is 41.8 Å². The second kappa shape index (κ2) is 5.33. The number of thiophene rings is 2. The Morgan fingerprint density at radius 1 is 1.16 bits per heavy atom. The van der Waals surface area contributed by atoms with Crippen LogP contribution in [-0.4, -0.2) is 14.2 Å². The second-order valence-corrected chi connectivity index (χ2v) is 6.36. The number of fused-ring (bicyclic) bond motifs is 1. The highest BCUT2D eigenvalue weighted by Crippen LogP contribution is 2.36. The van der Waals surface area contributed by atoms with Gasteiger partial charge in [0.1, 0.15) is 5.75 Å². The summed E-state index contributed by atoms with van der Waals surface area (Å²) in [5, 5.41) is 5.54. The van der Waals surface area contributed by atoms with E-state index in [2.05, 4.69) is 35.0 Å². The normalized spacial score (nSPS) is 12.7. The second-order valence-electron chi connectivity index (χ2n) is 4.30. The van der Waals surface area contributed by atoms with Gasteiger partial charge in [-0.25, -0.2) is 0 Å². The van der Waals surface area contributed by atoms with Crippen LogP contribution < -0.4 is 10.1 Å². The highest BCUT2D eigenvalue weighted by Gasteiger charge is 2.15. The molecule has 0 saturated carbocycles. The average molecular weight is 289 g/mol. The predicted molar refractivity (Wildman–Crippen MR) is 83.6 cm³/mol. The standard InChI is InChI=1S/C15H15NOS2/c1-16-15(10-4-3-5-11(8-10)17-2)14-9-13-12(19-14)6-7-18-13/h3-9,15-16H,1-2H3. The third kappa shape index (κ3) is 2.39. The predicted octanol–water partition coefficient (Wildman–Crippen LogP) is 4.28. The summed E-state index contributed by atoms with van der Waals surface area (Å²) in [6.45, 7) is 0. The van der Waals surface area contributed by atoms with Crippen LogP contribution in [0.5, 0.6) is 5.75 Å². The molecule has 4 heteroatoms. The van der Waals surface area contributed by atoms with Crippen molar-refractivity contribution in [3.63, 3.8) is 0 Å². The van der Waals surface area contributed by atoms with Crippen molar-refractivity contribution in [3.05, 3.63) is 52.2 Å². The largest absolute Gasteiger partial charge is 0.497 e. The molecule has 0 radical (unpaired) electrons. The average Bonchev–Trinajstić information content (AvgIpc) is 3.01. The van der Waals surface area contributed by atoms with E-state index in [0.29, 0.717) is 0 Å². The smallest absolute Gasteiger partial charge is 0.119 e. The van der Waals surface area contributed by atoms with Gasteiger partial charge in [0, 0.05) is 14.3 Å². The van der Waals surface area contributed by atoms with Crippen molar-refractivity contribution in [2.75, 3.05) is 14.2 Å². The first-order chi connectivity index (χ1) is 9.31. The van der Waals surface area contributed by atoms with Gasteiger partial charge >= 0.3 is 0 Å². The lowest BCUT2D eigenvalue weighted by Gasteiger charge is -2.15. The van der Waals surface area contributed by atoms with Gasteiger partial charge in [0.15, 0.2) is 0 Å². The van der Waals surface area contributed by atoms with Crippen LogP contribution in [0, 0.1) is 0 Å². The van der Waals surface area contributed by atoms with E-state index in [9.17, 15) is 0 Å². The minimum absolute atomic E-state index is 0.222. The minimum Gasteiger partial charge on any atom is -0.497 e. The van der Waals surface area contributed by atoms with Crippen LogP contribution in [0.1, 0.15) is 16.5 Å². The summed E-state index contributed by atoms with van der Waals surface area (Å²) in [5.41, 5.74) is 1.23. The summed E-state index contributed by atoms with van der Waals surface area (Å²) in [4.78, 5) is 1.35. The van der Waals surface area contributed by atoms with Crippen LogP contribution >= 0.6 is 22.7 Å². The highest BCUT2D eigenvalue weighted by atomic mass is 32.1. The molecule has 3 rings (SSSR count). The van der Waals surface area contributed by atoms with Crippen molar-refractivity contribution in [2.24, 2.45) is 0 Å². The number of benzene rings is 1. The molecule has 0 amide bonds. The Bertz CT molecular complexity index is 658. The molecule has 1 N–H and O–H groups in total. The SMILES string of the molecule is CNC(c1cccc(OC)c1)c1cc2sccc2s1. The fraction of sp³-hybridized carbons (Fsp3) is 0.200. The van der Waals surface area contributed by atoms with Gasteiger partial charge in [-0.2, -0.15) is 0 Å². The lowest BCUT2D eigenvalue weighted by molar-refractivity contribution is 0.414. The van der Waals surface area contributed by atoms with Crippen LogP contribution in [0.2, 0.25) is 0 Å². The van der Waals surface area contributed by atoms with Crippen molar-refractivity contribution in [1.82, 2.24) is 5.32 Å². The molecular formula is C15H15NOS2. The molecule has 98 valence electrons. The van der Waals surface area contributed by atoms with Crippen molar-refractivity contribution in [3.8, 4) is 5.75 Å². The van der Waals surface area contributed by atoms with Crippen LogP contribution in [0.3, 0.4) is 0 Å². The number of hydrogen-bond acceptors (Lipinski definition) is 4. The van der Waals surface area contributed by atoms with E-state index in [4.69, 9.17) is 4.74 Å². The number of hydrogen-bond donors (Lipinski definition) is 1. The van der Waals surface area contributed by atoms with Gasteiger partial charge in [0.2, 0.25) is 0 Å². The fourth-order valence-corrected chi connectivity index (χ4v) is 4.48. The quantitative estimate of drug-likeness (QED) is 0.774. The zero-order valence-electron chi connectivity index (χ0n) is 10.8. The molecule has 0 bridgehead atoms. The van der Waals surface area contributed by atoms with Crippen molar-refractivity contribution in [2.45, 2.75) is 6.04 Å². The Morgan fingerprint density at radius 2 is 2.05 bits per heavy atom. The molecule has 0 aliphatic rings. The van der Waals surface area contributed by atoms with E-state index >= 15 is 0 Å². The van der Waals surface area contributed by atoms with Crippen LogP contribution in [0.25, 0.3) is 9.40 Å². The first-order valence-corrected chi connectivity index (χ1v) is 7.79. The molecule has 1 atom stereocenters. The third-order valence-corrected chi connectivity index (χ3v) is 5.32. The van der Waals surface area contributed by atoms with Crippen molar-refractivity contribution < 1.29 is 4.74 Å². The molecule has 0 aliphatic carbocycles. The molecule has 0 saturated heterocycles. The molecule has 0 fully saturated rings. The van der Waals surface area contributed by atoms with Gasteiger partial charge < -0.3 is 10.1 Å². The fourth-order valence-electron chi connectivity index (χ4n) is 2.22. The van der Waals surface area contributed by atoms with Gasteiger partial charge in [-0.15, -0.1) is 22.7 Å². The van der Waals surface area contributed by atoms with E-state index in [1.54, 1.807) is 18.4 Å². The number of methoxy groups -OCH3 is 1. The van der Waals surface area contributed by atoms with E-state index in [0.717, 1.165) is 5.75 Å². The van der Waals surface area contributed by atoms with E-state index < -0.39 is 0 Å². The maximum atomic E-state index is 5.31. The Kier molecular flexibility index (Phi) is 3.55. The molecule has 0 aliphatic heterocycles. The lowest BCUT2D eigenvalue weighted by Crippen LogP contribution is -2.16. The van der Waals surface area contributed by atoms with Gasteiger partial charge in [0.05, 0.1) is 13.2 Å². The summed E-state index contributed by atoms with van der Waals surface area (Å²) in [7, 11) is 3.70. The lowest BCUT2D eigenvalue weighted by atomic mass is 10.1. The first-order valence-electron chi connectivity index (χ1n) is 6.10. The maximum absolute atomic E-state index is 5.31. The topological polar surface area (TPSA) is 21.3 Å². The molecule has 19 heavy (non-hydrogen) atoms. The maximum Gasteiger partial charge on any atom is 0.119 e. The van der Waals surface area contributed by atoms with Gasteiger partial charge in [0.25, 0.3) is 0 Å². The van der Waals surface area contributed by atoms with Crippen molar-refractivity contribution >= 4 is 32.1 Å². The van der Waals surface area contributed by atoms with E-state index in [1.165, 1.54) is 19.8 Å². The summed E-state index contributed by atoms with van der Waals surface area (Å²) in [6, 6.07) is 12.9. The molecule has 1 unspecified atom stereocenters. The third-order valence-electron chi connectivity index (χ3n) is 3.16. The Morgan fingerprint density at radius 3 is 2.79 bits per heavy atom. The molecule has 1 aromatic carbocycles. The van der Waals surface area contributed by atoms with Crippen molar-refractivity contribution in [1.29, 1.82) is 0 Å². The number of ether oxygens (including phenoxy) is 1. The molecule has 2 aromatic heterocycles. The summed E-state index contributed by atoms with van der Waals surface area (Å²) < 4.78 is 8.04. The highest BCUT2D eigenvalue weighted by molar-refractivity contribution is 7.27. The zero-order chi connectivity index (χ0) is 13.2. The van der Waals surface area contributed by atoms with Gasteiger partial charge in [-0.05, 0) is 42.3 Å².